The van der Waals surface area contributed by atoms with E-state index >= 15 is 0 Å². The first-order valence-electron chi connectivity index (χ1n) is 6.30. The molecule has 0 saturated heterocycles. The van der Waals surface area contributed by atoms with Crippen LogP contribution in [0, 0.1) is 6.92 Å². The van der Waals surface area contributed by atoms with Crippen molar-refractivity contribution in [3.05, 3.63) is 53.3 Å². The number of ether oxygens (including phenoxy) is 2. The Balaban J connectivity index is 2.05. The van der Waals surface area contributed by atoms with Gasteiger partial charge in [-0.25, -0.2) is 0 Å². The monoisotopic (exact) mass is 256 g/mol. The standard InChI is InChI=1S/C15H16N2O2/c1-10-6-14-15(19-9-18-14)7-11(10)12(8-16)13-4-2-3-5-17-13/h2-7,12H,8-9,16H2,1H3. The first-order chi connectivity index (χ1) is 9.29. The summed E-state index contributed by atoms with van der Waals surface area (Å²) in [5.74, 6) is 1.67. The number of hydrogen-bond donors (Lipinski definition) is 1. The van der Waals surface area contributed by atoms with Gasteiger partial charge in [0.05, 0.1) is 0 Å². The Morgan fingerprint density at radius 1 is 1.26 bits per heavy atom. The molecule has 2 N–H and O–H groups in total. The summed E-state index contributed by atoms with van der Waals surface area (Å²) in [6.45, 7) is 2.86. The van der Waals surface area contributed by atoms with Crippen LogP contribution in [0.25, 0.3) is 0 Å². The van der Waals surface area contributed by atoms with E-state index in [2.05, 4.69) is 11.9 Å². The fourth-order valence-electron chi connectivity index (χ4n) is 2.42. The maximum Gasteiger partial charge on any atom is 0.231 e. The van der Waals surface area contributed by atoms with E-state index in [1.807, 2.05) is 30.3 Å². The topological polar surface area (TPSA) is 57.4 Å². The molecule has 0 spiro atoms. The van der Waals surface area contributed by atoms with Crippen molar-refractivity contribution in [3.63, 3.8) is 0 Å². The molecule has 0 aliphatic carbocycles. The molecule has 0 saturated carbocycles. The molecule has 1 aliphatic rings. The average Bonchev–Trinajstić information content (AvgIpc) is 2.88. The van der Waals surface area contributed by atoms with Crippen molar-refractivity contribution in [3.8, 4) is 11.5 Å². The Morgan fingerprint density at radius 2 is 2.05 bits per heavy atom. The van der Waals surface area contributed by atoms with E-state index in [9.17, 15) is 0 Å². The Bertz CT molecular complexity index is 584. The van der Waals surface area contributed by atoms with E-state index in [0.717, 1.165) is 28.3 Å². The lowest BCUT2D eigenvalue weighted by molar-refractivity contribution is 0.174. The first-order valence-corrected chi connectivity index (χ1v) is 6.30. The van der Waals surface area contributed by atoms with Gasteiger partial charge in [-0.1, -0.05) is 6.07 Å². The fourth-order valence-corrected chi connectivity index (χ4v) is 2.42. The van der Waals surface area contributed by atoms with Crippen LogP contribution in [0.2, 0.25) is 0 Å². The minimum Gasteiger partial charge on any atom is -0.454 e. The van der Waals surface area contributed by atoms with Crippen molar-refractivity contribution < 1.29 is 9.47 Å². The molecule has 0 fully saturated rings. The van der Waals surface area contributed by atoms with E-state index < -0.39 is 0 Å². The summed E-state index contributed by atoms with van der Waals surface area (Å²) >= 11 is 0. The average molecular weight is 256 g/mol. The van der Waals surface area contributed by atoms with E-state index in [-0.39, 0.29) is 12.7 Å². The summed E-state index contributed by atoms with van der Waals surface area (Å²) in [5.41, 5.74) is 9.21. The lowest BCUT2D eigenvalue weighted by Gasteiger charge is -2.17. The second-order valence-corrected chi connectivity index (χ2v) is 4.60. The van der Waals surface area contributed by atoms with Crippen LogP contribution in [0.15, 0.2) is 36.5 Å². The molecule has 98 valence electrons. The van der Waals surface area contributed by atoms with Crippen molar-refractivity contribution in [1.29, 1.82) is 0 Å². The van der Waals surface area contributed by atoms with Gasteiger partial charge in [0.25, 0.3) is 0 Å². The summed E-state index contributed by atoms with van der Waals surface area (Å²) in [6.07, 6.45) is 1.79. The largest absolute Gasteiger partial charge is 0.454 e. The fraction of sp³-hybridized carbons (Fsp3) is 0.267. The molecule has 0 amide bonds. The maximum atomic E-state index is 5.94. The minimum atomic E-state index is 0.0794. The first kappa shape index (κ1) is 12.0. The summed E-state index contributed by atoms with van der Waals surface area (Å²) in [5, 5.41) is 0. The van der Waals surface area contributed by atoms with Crippen molar-refractivity contribution in [2.75, 3.05) is 13.3 Å². The summed E-state index contributed by atoms with van der Waals surface area (Å²) in [4.78, 5) is 4.41. The van der Waals surface area contributed by atoms with Gasteiger partial charge in [0.1, 0.15) is 0 Å². The zero-order valence-corrected chi connectivity index (χ0v) is 10.8. The van der Waals surface area contributed by atoms with Crippen LogP contribution in [0.1, 0.15) is 22.7 Å². The Hall–Kier alpha value is -2.07. The Kier molecular flexibility index (Phi) is 3.09. The van der Waals surface area contributed by atoms with Gasteiger partial charge >= 0.3 is 0 Å². The molecule has 1 atom stereocenters. The van der Waals surface area contributed by atoms with Gasteiger partial charge in [-0.15, -0.1) is 0 Å². The number of nitrogens with zero attached hydrogens (tertiary/aromatic N) is 1. The smallest absolute Gasteiger partial charge is 0.231 e. The molecule has 1 unspecified atom stereocenters. The second-order valence-electron chi connectivity index (χ2n) is 4.60. The number of fused-ring (bicyclic) bond motifs is 1. The highest BCUT2D eigenvalue weighted by Gasteiger charge is 2.21. The molecule has 3 rings (SSSR count). The van der Waals surface area contributed by atoms with Gasteiger partial charge in [0.15, 0.2) is 11.5 Å². The van der Waals surface area contributed by atoms with Gasteiger partial charge in [-0.2, -0.15) is 0 Å². The van der Waals surface area contributed by atoms with E-state index in [0.29, 0.717) is 6.54 Å². The van der Waals surface area contributed by atoms with Crippen LogP contribution in [0.3, 0.4) is 0 Å². The molecular weight excluding hydrogens is 240 g/mol. The predicted octanol–water partition coefficient (Wildman–Crippen LogP) is 2.21. The van der Waals surface area contributed by atoms with Crippen molar-refractivity contribution in [1.82, 2.24) is 4.98 Å². The van der Waals surface area contributed by atoms with E-state index in [1.54, 1.807) is 6.20 Å². The lowest BCUT2D eigenvalue weighted by atomic mass is 9.91. The summed E-state index contributed by atoms with van der Waals surface area (Å²) in [7, 11) is 0. The molecule has 0 radical (unpaired) electrons. The molecule has 2 heterocycles. The third-order valence-corrected chi connectivity index (χ3v) is 3.42. The number of aryl methyl sites for hydroxylation is 1. The Morgan fingerprint density at radius 3 is 2.74 bits per heavy atom. The third-order valence-electron chi connectivity index (χ3n) is 3.42. The summed E-state index contributed by atoms with van der Waals surface area (Å²) in [6, 6.07) is 9.91. The molecule has 1 aromatic carbocycles. The molecule has 1 aliphatic heterocycles. The van der Waals surface area contributed by atoms with Gasteiger partial charge < -0.3 is 15.2 Å². The molecule has 2 aromatic rings. The molecule has 4 heteroatoms. The third kappa shape index (κ3) is 2.15. The van der Waals surface area contributed by atoms with Crippen molar-refractivity contribution in [2.45, 2.75) is 12.8 Å². The Labute approximate surface area is 112 Å². The zero-order chi connectivity index (χ0) is 13.2. The number of rotatable bonds is 3. The van der Waals surface area contributed by atoms with Gasteiger partial charge in [0.2, 0.25) is 6.79 Å². The maximum absolute atomic E-state index is 5.94. The van der Waals surface area contributed by atoms with E-state index in [4.69, 9.17) is 15.2 Å². The number of hydrogen-bond acceptors (Lipinski definition) is 4. The molecule has 4 nitrogen and oxygen atoms in total. The van der Waals surface area contributed by atoms with Crippen LogP contribution in [0.5, 0.6) is 11.5 Å². The highest BCUT2D eigenvalue weighted by Crippen LogP contribution is 2.38. The number of aromatic nitrogens is 1. The lowest BCUT2D eigenvalue weighted by Crippen LogP contribution is -2.16. The normalized spacial score (nSPS) is 14.4. The highest BCUT2D eigenvalue weighted by molar-refractivity contribution is 5.50. The second kappa shape index (κ2) is 4.90. The quantitative estimate of drug-likeness (QED) is 0.914. The SMILES string of the molecule is Cc1cc2c(cc1C(CN)c1ccccn1)OCO2. The van der Waals surface area contributed by atoms with Crippen LogP contribution in [0.4, 0.5) is 0 Å². The van der Waals surface area contributed by atoms with Gasteiger partial charge in [0, 0.05) is 24.4 Å². The predicted molar refractivity (Wildman–Crippen MR) is 72.4 cm³/mol. The summed E-state index contributed by atoms with van der Waals surface area (Å²) < 4.78 is 10.8. The number of benzene rings is 1. The zero-order valence-electron chi connectivity index (χ0n) is 10.8. The van der Waals surface area contributed by atoms with Gasteiger partial charge in [-0.05, 0) is 42.3 Å². The molecular formula is C15H16N2O2. The van der Waals surface area contributed by atoms with Crippen LogP contribution in [-0.2, 0) is 0 Å². The van der Waals surface area contributed by atoms with Crippen LogP contribution < -0.4 is 15.2 Å². The van der Waals surface area contributed by atoms with Crippen molar-refractivity contribution >= 4 is 0 Å². The minimum absolute atomic E-state index is 0.0794. The van der Waals surface area contributed by atoms with Crippen molar-refractivity contribution in [2.24, 2.45) is 5.73 Å². The van der Waals surface area contributed by atoms with E-state index in [1.165, 1.54) is 0 Å². The van der Waals surface area contributed by atoms with Gasteiger partial charge in [-0.3, -0.25) is 4.98 Å². The molecule has 19 heavy (non-hydrogen) atoms. The van der Waals surface area contributed by atoms with Crippen LogP contribution in [-0.4, -0.2) is 18.3 Å². The molecule has 0 bridgehead atoms. The molecule has 1 aromatic heterocycles. The number of pyridine rings is 1. The number of nitrogens with two attached hydrogens (primary N) is 1. The van der Waals surface area contributed by atoms with Crippen LogP contribution >= 0.6 is 0 Å². The highest BCUT2D eigenvalue weighted by atomic mass is 16.7.